The van der Waals surface area contributed by atoms with E-state index in [1.807, 2.05) is 6.92 Å². The summed E-state index contributed by atoms with van der Waals surface area (Å²) in [6, 6.07) is 0. The van der Waals surface area contributed by atoms with Crippen molar-refractivity contribution in [2.45, 2.75) is 33.3 Å². The molecular weight excluding hydrogens is 128 g/mol. The minimum Gasteiger partial charge on any atom is -0.462 e. The third-order valence-corrected chi connectivity index (χ3v) is 2.01. The van der Waals surface area contributed by atoms with Crippen LogP contribution in [0.2, 0.25) is 0 Å². The van der Waals surface area contributed by atoms with Gasteiger partial charge in [0.05, 0.1) is 12.0 Å². The molecule has 0 spiro atoms. The molecule has 1 fully saturated rings. The number of hydrogen-bond acceptors (Lipinski definition) is 2. The molecule has 0 aromatic carbocycles. The zero-order chi connectivity index (χ0) is 7.72. The molecule has 0 N–H and O–H groups in total. The van der Waals surface area contributed by atoms with Crippen LogP contribution in [-0.2, 0) is 9.53 Å². The third-order valence-electron chi connectivity index (χ3n) is 2.01. The smallest absolute Gasteiger partial charge is 0.309 e. The average Bonchev–Trinajstić information content (AvgIpc) is 2.10. The van der Waals surface area contributed by atoms with Gasteiger partial charge < -0.3 is 4.74 Å². The molecule has 1 unspecified atom stereocenters. The van der Waals surface area contributed by atoms with E-state index in [0.29, 0.717) is 5.92 Å². The first kappa shape index (κ1) is 7.58. The Morgan fingerprint density at radius 1 is 1.60 bits per heavy atom. The summed E-state index contributed by atoms with van der Waals surface area (Å²) in [4.78, 5) is 11.0. The van der Waals surface area contributed by atoms with E-state index in [4.69, 9.17) is 4.74 Å². The van der Waals surface area contributed by atoms with Crippen molar-refractivity contribution in [1.82, 2.24) is 0 Å². The van der Waals surface area contributed by atoms with Crippen LogP contribution in [0, 0.1) is 11.8 Å². The van der Waals surface area contributed by atoms with Gasteiger partial charge in [-0.1, -0.05) is 13.8 Å². The molecule has 0 aromatic rings. The summed E-state index contributed by atoms with van der Waals surface area (Å²) in [5, 5.41) is 0. The lowest BCUT2D eigenvalue weighted by molar-refractivity contribution is -0.144. The Bertz CT molecular complexity index is 140. The lowest BCUT2D eigenvalue weighted by Crippen LogP contribution is -2.13. The molecule has 2 heteroatoms. The van der Waals surface area contributed by atoms with E-state index in [9.17, 15) is 4.79 Å². The van der Waals surface area contributed by atoms with Gasteiger partial charge in [0.15, 0.2) is 0 Å². The highest BCUT2D eigenvalue weighted by molar-refractivity contribution is 5.74. The molecule has 1 aliphatic rings. The van der Waals surface area contributed by atoms with Gasteiger partial charge in [-0.15, -0.1) is 0 Å². The first-order chi connectivity index (χ1) is 4.61. The van der Waals surface area contributed by atoms with Crippen LogP contribution >= 0.6 is 0 Å². The van der Waals surface area contributed by atoms with E-state index in [0.717, 1.165) is 6.42 Å². The van der Waals surface area contributed by atoms with Crippen molar-refractivity contribution in [1.29, 1.82) is 0 Å². The van der Waals surface area contributed by atoms with Crippen LogP contribution in [0.3, 0.4) is 0 Å². The Morgan fingerprint density at radius 2 is 2.20 bits per heavy atom. The number of esters is 1. The van der Waals surface area contributed by atoms with Crippen molar-refractivity contribution in [3.8, 4) is 0 Å². The topological polar surface area (TPSA) is 26.3 Å². The number of hydrogen-bond donors (Lipinski definition) is 0. The quantitative estimate of drug-likeness (QED) is 0.520. The predicted octanol–water partition coefficient (Wildman–Crippen LogP) is 1.59. The van der Waals surface area contributed by atoms with Gasteiger partial charge in [0.2, 0.25) is 0 Å². The molecule has 0 bridgehead atoms. The first-order valence-corrected chi connectivity index (χ1v) is 3.81. The zero-order valence-corrected chi connectivity index (χ0v) is 6.76. The Hall–Kier alpha value is -0.530. The Kier molecular flexibility index (Phi) is 1.97. The molecule has 2 nitrogen and oxygen atoms in total. The normalized spacial score (nSPS) is 33.0. The maximum Gasteiger partial charge on any atom is 0.309 e. The number of ether oxygens (including phenoxy) is 1. The van der Waals surface area contributed by atoms with Crippen LogP contribution < -0.4 is 0 Å². The molecule has 0 radical (unpaired) electrons. The van der Waals surface area contributed by atoms with E-state index in [2.05, 4.69) is 13.8 Å². The van der Waals surface area contributed by atoms with E-state index >= 15 is 0 Å². The molecule has 0 aromatic heterocycles. The van der Waals surface area contributed by atoms with Gasteiger partial charge >= 0.3 is 5.97 Å². The molecule has 1 heterocycles. The summed E-state index contributed by atoms with van der Waals surface area (Å²) in [5.41, 5.74) is 0. The number of carbonyl (C=O) groups is 1. The summed E-state index contributed by atoms with van der Waals surface area (Å²) in [7, 11) is 0. The predicted molar refractivity (Wildman–Crippen MR) is 38.5 cm³/mol. The van der Waals surface area contributed by atoms with E-state index in [-0.39, 0.29) is 18.0 Å². The highest BCUT2D eigenvalue weighted by Gasteiger charge is 2.33. The standard InChI is InChI=1S/C8H14O2/c1-5(2)7-4-6(3)10-8(7)9/h5-7H,4H2,1-3H3/t6-,7?/m1/s1. The maximum atomic E-state index is 11.0. The molecule has 58 valence electrons. The highest BCUT2D eigenvalue weighted by Crippen LogP contribution is 2.26. The van der Waals surface area contributed by atoms with Crippen LogP contribution in [0.15, 0.2) is 0 Å². The fourth-order valence-electron chi connectivity index (χ4n) is 1.33. The fourth-order valence-corrected chi connectivity index (χ4v) is 1.33. The van der Waals surface area contributed by atoms with Crippen LogP contribution in [0.25, 0.3) is 0 Å². The zero-order valence-electron chi connectivity index (χ0n) is 6.76. The lowest BCUT2D eigenvalue weighted by Gasteiger charge is -2.07. The molecule has 1 aliphatic heterocycles. The molecule has 10 heavy (non-hydrogen) atoms. The summed E-state index contributed by atoms with van der Waals surface area (Å²) in [5.74, 6) is 0.565. The first-order valence-electron chi connectivity index (χ1n) is 3.81. The Morgan fingerprint density at radius 3 is 2.40 bits per heavy atom. The van der Waals surface area contributed by atoms with Gasteiger partial charge in [-0.25, -0.2) is 0 Å². The molecule has 1 saturated heterocycles. The number of rotatable bonds is 1. The van der Waals surface area contributed by atoms with Crippen molar-refractivity contribution in [2.24, 2.45) is 11.8 Å². The highest BCUT2D eigenvalue weighted by atomic mass is 16.5. The Labute approximate surface area is 61.6 Å². The van der Waals surface area contributed by atoms with Gasteiger partial charge in [0.1, 0.15) is 0 Å². The monoisotopic (exact) mass is 142 g/mol. The second-order valence-electron chi connectivity index (χ2n) is 3.33. The van der Waals surface area contributed by atoms with Crippen molar-refractivity contribution >= 4 is 5.97 Å². The van der Waals surface area contributed by atoms with Crippen LogP contribution in [0.4, 0.5) is 0 Å². The maximum absolute atomic E-state index is 11.0. The van der Waals surface area contributed by atoms with E-state index in [1.54, 1.807) is 0 Å². The van der Waals surface area contributed by atoms with Crippen molar-refractivity contribution in [3.63, 3.8) is 0 Å². The summed E-state index contributed by atoms with van der Waals surface area (Å²) >= 11 is 0. The summed E-state index contributed by atoms with van der Waals surface area (Å²) in [6.45, 7) is 6.06. The van der Waals surface area contributed by atoms with E-state index < -0.39 is 0 Å². The van der Waals surface area contributed by atoms with Gasteiger partial charge in [0.25, 0.3) is 0 Å². The van der Waals surface area contributed by atoms with E-state index in [1.165, 1.54) is 0 Å². The average molecular weight is 142 g/mol. The van der Waals surface area contributed by atoms with Crippen molar-refractivity contribution in [3.05, 3.63) is 0 Å². The van der Waals surface area contributed by atoms with Crippen LogP contribution in [-0.4, -0.2) is 12.1 Å². The second kappa shape index (κ2) is 2.60. The van der Waals surface area contributed by atoms with Gasteiger partial charge in [-0.05, 0) is 19.3 Å². The largest absolute Gasteiger partial charge is 0.462 e. The van der Waals surface area contributed by atoms with Gasteiger partial charge in [-0.2, -0.15) is 0 Å². The Balaban J connectivity index is 2.55. The molecular formula is C8H14O2. The number of cyclic esters (lactones) is 1. The van der Waals surface area contributed by atoms with Crippen molar-refractivity contribution < 1.29 is 9.53 Å². The molecule has 0 aliphatic carbocycles. The minimum atomic E-state index is -0.0116. The van der Waals surface area contributed by atoms with Gasteiger partial charge in [0, 0.05) is 0 Å². The lowest BCUT2D eigenvalue weighted by atomic mass is 9.93. The van der Waals surface area contributed by atoms with Gasteiger partial charge in [-0.3, -0.25) is 4.79 Å². The minimum absolute atomic E-state index is 0.0116. The second-order valence-corrected chi connectivity index (χ2v) is 3.33. The number of carbonyl (C=O) groups excluding carboxylic acids is 1. The SMILES string of the molecule is CC(C)C1C[C@@H](C)OC1=O. The summed E-state index contributed by atoms with van der Waals surface area (Å²) in [6.07, 6.45) is 1.04. The molecule has 2 atom stereocenters. The molecule has 0 amide bonds. The van der Waals surface area contributed by atoms with Crippen LogP contribution in [0.1, 0.15) is 27.2 Å². The fraction of sp³-hybridized carbons (Fsp3) is 0.875. The van der Waals surface area contributed by atoms with Crippen molar-refractivity contribution in [2.75, 3.05) is 0 Å². The van der Waals surface area contributed by atoms with Crippen LogP contribution in [0.5, 0.6) is 0 Å². The summed E-state index contributed by atoms with van der Waals surface area (Å²) < 4.78 is 5.00. The molecule has 0 saturated carbocycles. The third kappa shape index (κ3) is 1.31. The molecule has 1 rings (SSSR count).